The largest absolute Gasteiger partial charge is 0.485 e. The van der Waals surface area contributed by atoms with Crippen LogP contribution in [0, 0.1) is 6.92 Å². The van der Waals surface area contributed by atoms with Crippen molar-refractivity contribution in [3.8, 4) is 11.5 Å². The monoisotopic (exact) mass is 388 g/mol. The Balaban J connectivity index is 1.63. The lowest BCUT2D eigenvalue weighted by atomic mass is 10.2. The summed E-state index contributed by atoms with van der Waals surface area (Å²) in [4.78, 5) is 26.6. The fraction of sp³-hybridized carbons (Fsp3) is 0.300. The summed E-state index contributed by atoms with van der Waals surface area (Å²) >= 11 is 5.98. The van der Waals surface area contributed by atoms with Gasteiger partial charge in [0.05, 0.1) is 6.54 Å². The van der Waals surface area contributed by atoms with Crippen LogP contribution in [0.2, 0.25) is 5.02 Å². The fourth-order valence-electron chi connectivity index (χ4n) is 2.78. The molecule has 0 aromatic heterocycles. The van der Waals surface area contributed by atoms with Gasteiger partial charge in [-0.15, -0.1) is 0 Å². The molecule has 0 saturated heterocycles. The summed E-state index contributed by atoms with van der Waals surface area (Å²) < 4.78 is 11.3. The number of benzene rings is 2. The Hall–Kier alpha value is -2.73. The van der Waals surface area contributed by atoms with Gasteiger partial charge in [-0.2, -0.15) is 0 Å². The van der Waals surface area contributed by atoms with Crippen LogP contribution in [0.5, 0.6) is 11.5 Å². The van der Waals surface area contributed by atoms with E-state index in [9.17, 15) is 9.59 Å². The lowest BCUT2D eigenvalue weighted by molar-refractivity contribution is -0.143. The minimum Gasteiger partial charge on any atom is -0.485 e. The first-order valence-electron chi connectivity index (χ1n) is 8.71. The molecule has 1 heterocycles. The smallest absolute Gasteiger partial charge is 0.267 e. The summed E-state index contributed by atoms with van der Waals surface area (Å²) in [7, 11) is 0. The van der Waals surface area contributed by atoms with Crippen LogP contribution < -0.4 is 14.8 Å². The van der Waals surface area contributed by atoms with Gasteiger partial charge in [0.1, 0.15) is 6.61 Å². The SMILES string of the molecule is CCN(CC(=O)Nc1cc(Cl)ccc1C)C(=O)[C@@H]1COc2ccccc2O1. The van der Waals surface area contributed by atoms with Crippen molar-refractivity contribution in [2.45, 2.75) is 20.0 Å². The number of nitrogens with one attached hydrogen (secondary N) is 1. The molecular weight excluding hydrogens is 368 g/mol. The third kappa shape index (κ3) is 4.52. The Kier molecular flexibility index (Phi) is 5.86. The van der Waals surface area contributed by atoms with Crippen molar-refractivity contribution in [3.05, 3.63) is 53.1 Å². The normalized spacial score (nSPS) is 15.1. The zero-order valence-corrected chi connectivity index (χ0v) is 16.0. The number of fused-ring (bicyclic) bond motifs is 1. The van der Waals surface area contributed by atoms with E-state index in [4.69, 9.17) is 21.1 Å². The van der Waals surface area contributed by atoms with E-state index in [-0.39, 0.29) is 25.0 Å². The number of carbonyl (C=O) groups excluding carboxylic acids is 2. The Morgan fingerprint density at radius 3 is 2.70 bits per heavy atom. The van der Waals surface area contributed by atoms with Crippen molar-refractivity contribution in [2.75, 3.05) is 25.0 Å². The van der Waals surface area contributed by atoms with Gasteiger partial charge in [0, 0.05) is 17.3 Å². The maximum atomic E-state index is 12.8. The summed E-state index contributed by atoms with van der Waals surface area (Å²) in [5, 5.41) is 3.33. The Morgan fingerprint density at radius 1 is 1.22 bits per heavy atom. The lowest BCUT2D eigenvalue weighted by Crippen LogP contribution is -2.48. The van der Waals surface area contributed by atoms with Crippen molar-refractivity contribution in [2.24, 2.45) is 0 Å². The van der Waals surface area contributed by atoms with E-state index in [1.165, 1.54) is 4.90 Å². The molecule has 1 atom stereocenters. The highest BCUT2D eigenvalue weighted by Gasteiger charge is 2.31. The van der Waals surface area contributed by atoms with E-state index in [1.54, 1.807) is 24.3 Å². The molecule has 1 aliphatic rings. The molecule has 2 aromatic carbocycles. The van der Waals surface area contributed by atoms with E-state index < -0.39 is 6.10 Å². The predicted molar refractivity (Wildman–Crippen MR) is 103 cm³/mol. The molecule has 0 bridgehead atoms. The molecule has 0 fully saturated rings. The molecule has 0 aliphatic carbocycles. The Morgan fingerprint density at radius 2 is 1.96 bits per heavy atom. The van der Waals surface area contributed by atoms with Crippen molar-refractivity contribution < 1.29 is 19.1 Å². The molecule has 0 saturated carbocycles. The zero-order chi connectivity index (χ0) is 19.4. The topological polar surface area (TPSA) is 67.9 Å². The first-order chi connectivity index (χ1) is 13.0. The molecule has 1 aliphatic heterocycles. The number of likely N-dealkylation sites (N-methyl/N-ethyl adjacent to an activating group) is 1. The summed E-state index contributed by atoms with van der Waals surface area (Å²) in [5.41, 5.74) is 1.52. The number of ether oxygens (including phenoxy) is 2. The molecular formula is C20H21ClN2O4. The third-order valence-corrected chi connectivity index (χ3v) is 4.52. The van der Waals surface area contributed by atoms with Crippen LogP contribution in [0.25, 0.3) is 0 Å². The van der Waals surface area contributed by atoms with Crippen molar-refractivity contribution in [3.63, 3.8) is 0 Å². The second kappa shape index (κ2) is 8.31. The molecule has 6 nitrogen and oxygen atoms in total. The van der Waals surface area contributed by atoms with Crippen LogP contribution in [-0.2, 0) is 9.59 Å². The quantitative estimate of drug-likeness (QED) is 0.853. The number of hydrogen-bond donors (Lipinski definition) is 1. The van der Waals surface area contributed by atoms with Crippen molar-refractivity contribution in [1.82, 2.24) is 4.90 Å². The molecule has 7 heteroatoms. The number of nitrogens with zero attached hydrogens (tertiary/aromatic N) is 1. The van der Waals surface area contributed by atoms with E-state index >= 15 is 0 Å². The molecule has 27 heavy (non-hydrogen) atoms. The van der Waals surface area contributed by atoms with Gasteiger partial charge in [-0.3, -0.25) is 9.59 Å². The fourth-order valence-corrected chi connectivity index (χ4v) is 2.95. The standard InChI is InChI=1S/C20H21ClN2O4/c1-3-23(11-19(24)22-15-10-14(21)9-8-13(15)2)20(25)18-12-26-16-6-4-5-7-17(16)27-18/h4-10,18H,3,11-12H2,1-2H3,(H,22,24)/t18-/m0/s1. The minimum absolute atomic E-state index is 0.0806. The maximum Gasteiger partial charge on any atom is 0.267 e. The first-order valence-corrected chi connectivity index (χ1v) is 9.09. The van der Waals surface area contributed by atoms with E-state index in [0.29, 0.717) is 28.8 Å². The highest BCUT2D eigenvalue weighted by molar-refractivity contribution is 6.31. The van der Waals surface area contributed by atoms with Gasteiger partial charge >= 0.3 is 0 Å². The zero-order valence-electron chi connectivity index (χ0n) is 15.2. The summed E-state index contributed by atoms with van der Waals surface area (Å²) in [6.45, 7) is 4.10. The highest BCUT2D eigenvalue weighted by Crippen LogP contribution is 2.31. The van der Waals surface area contributed by atoms with Gasteiger partial charge in [0.2, 0.25) is 12.0 Å². The number of anilines is 1. The molecule has 1 N–H and O–H groups in total. The number of aryl methyl sites for hydroxylation is 1. The number of rotatable bonds is 5. The summed E-state index contributed by atoms with van der Waals surface area (Å²) in [6.07, 6.45) is -0.777. The second-order valence-corrected chi connectivity index (χ2v) is 6.66. The minimum atomic E-state index is -0.777. The third-order valence-electron chi connectivity index (χ3n) is 4.29. The average Bonchev–Trinajstić information content (AvgIpc) is 2.68. The molecule has 3 rings (SSSR count). The summed E-state index contributed by atoms with van der Waals surface area (Å²) in [6, 6.07) is 12.5. The second-order valence-electron chi connectivity index (χ2n) is 6.22. The van der Waals surface area contributed by atoms with E-state index in [0.717, 1.165) is 5.56 Å². The molecule has 142 valence electrons. The van der Waals surface area contributed by atoms with Crippen LogP contribution in [-0.4, -0.2) is 42.5 Å². The Bertz CT molecular complexity index is 856. The Labute approximate surface area is 163 Å². The first kappa shape index (κ1) is 19.0. The van der Waals surface area contributed by atoms with Crippen LogP contribution in [0.4, 0.5) is 5.69 Å². The molecule has 0 radical (unpaired) electrons. The molecule has 2 amide bonds. The van der Waals surface area contributed by atoms with Crippen LogP contribution in [0.15, 0.2) is 42.5 Å². The highest BCUT2D eigenvalue weighted by atomic mass is 35.5. The number of para-hydroxylation sites is 2. The van der Waals surface area contributed by atoms with Crippen LogP contribution in [0.1, 0.15) is 12.5 Å². The number of carbonyl (C=O) groups is 2. The van der Waals surface area contributed by atoms with Crippen molar-refractivity contribution >= 4 is 29.1 Å². The van der Waals surface area contributed by atoms with Crippen LogP contribution >= 0.6 is 11.6 Å². The van der Waals surface area contributed by atoms with Gasteiger partial charge < -0.3 is 19.7 Å². The van der Waals surface area contributed by atoms with Gasteiger partial charge in [-0.05, 0) is 43.7 Å². The van der Waals surface area contributed by atoms with E-state index in [2.05, 4.69) is 5.32 Å². The number of halogens is 1. The number of hydrogen-bond acceptors (Lipinski definition) is 4. The van der Waals surface area contributed by atoms with Crippen LogP contribution in [0.3, 0.4) is 0 Å². The van der Waals surface area contributed by atoms with Gasteiger partial charge in [-0.1, -0.05) is 29.8 Å². The van der Waals surface area contributed by atoms with Gasteiger partial charge in [0.15, 0.2) is 11.5 Å². The number of amides is 2. The van der Waals surface area contributed by atoms with Gasteiger partial charge in [0.25, 0.3) is 5.91 Å². The average molecular weight is 389 g/mol. The molecule has 0 unspecified atom stereocenters. The van der Waals surface area contributed by atoms with Crippen molar-refractivity contribution in [1.29, 1.82) is 0 Å². The molecule has 2 aromatic rings. The van der Waals surface area contributed by atoms with Gasteiger partial charge in [-0.25, -0.2) is 0 Å². The van der Waals surface area contributed by atoms with E-state index in [1.807, 2.05) is 32.0 Å². The lowest BCUT2D eigenvalue weighted by Gasteiger charge is -2.30. The summed E-state index contributed by atoms with van der Waals surface area (Å²) in [5.74, 6) is 0.550. The predicted octanol–water partition coefficient (Wildman–Crippen LogP) is 3.28. The molecule has 0 spiro atoms. The maximum absolute atomic E-state index is 12.8.